The number of hydrogen-bond acceptors (Lipinski definition) is 3. The van der Waals surface area contributed by atoms with Crippen LogP contribution in [0.15, 0.2) is 24.3 Å². The lowest BCUT2D eigenvalue weighted by atomic mass is 10.1. The van der Waals surface area contributed by atoms with Gasteiger partial charge in [-0.25, -0.2) is 0 Å². The SMILES string of the molecule is Cc1ccc(OC2CCN(C(=O)C3CCCN3)CC2)cc1.Cl. The highest BCUT2D eigenvalue weighted by molar-refractivity contribution is 5.85. The van der Waals surface area contributed by atoms with E-state index in [2.05, 4.69) is 24.4 Å². The number of hydrogen-bond donors (Lipinski definition) is 1. The molecule has 0 bridgehead atoms. The maximum atomic E-state index is 12.3. The third-order valence-corrected chi connectivity index (χ3v) is 4.44. The van der Waals surface area contributed by atoms with E-state index in [1.807, 2.05) is 17.0 Å². The number of carbonyl (C=O) groups excluding carboxylic acids is 1. The van der Waals surface area contributed by atoms with Crippen molar-refractivity contribution in [3.63, 3.8) is 0 Å². The molecule has 2 saturated heterocycles. The highest BCUT2D eigenvalue weighted by Crippen LogP contribution is 2.20. The Kier molecular flexibility index (Phi) is 6.09. The Morgan fingerprint density at radius 2 is 1.86 bits per heavy atom. The molecule has 1 atom stereocenters. The average molecular weight is 325 g/mol. The van der Waals surface area contributed by atoms with Crippen molar-refractivity contribution in [1.82, 2.24) is 10.2 Å². The van der Waals surface area contributed by atoms with Gasteiger partial charge in [0, 0.05) is 25.9 Å². The lowest BCUT2D eigenvalue weighted by Crippen LogP contribution is -2.48. The molecule has 2 fully saturated rings. The summed E-state index contributed by atoms with van der Waals surface area (Å²) in [5, 5.41) is 3.29. The number of likely N-dealkylation sites (tertiary alicyclic amines) is 1. The third-order valence-electron chi connectivity index (χ3n) is 4.44. The summed E-state index contributed by atoms with van der Waals surface area (Å²) in [6.45, 7) is 4.68. The van der Waals surface area contributed by atoms with Crippen LogP contribution in [0.1, 0.15) is 31.2 Å². The summed E-state index contributed by atoms with van der Waals surface area (Å²) in [5.41, 5.74) is 1.24. The molecule has 1 amide bonds. The smallest absolute Gasteiger partial charge is 0.239 e. The number of nitrogens with zero attached hydrogens (tertiary/aromatic N) is 1. The molecule has 1 aromatic carbocycles. The van der Waals surface area contributed by atoms with Crippen molar-refractivity contribution in [1.29, 1.82) is 0 Å². The van der Waals surface area contributed by atoms with Crippen molar-refractivity contribution < 1.29 is 9.53 Å². The van der Waals surface area contributed by atoms with Crippen molar-refractivity contribution in [3.05, 3.63) is 29.8 Å². The van der Waals surface area contributed by atoms with Gasteiger partial charge in [-0.05, 0) is 38.4 Å². The Morgan fingerprint density at radius 1 is 1.18 bits per heavy atom. The van der Waals surface area contributed by atoms with Gasteiger partial charge in [-0.1, -0.05) is 17.7 Å². The third kappa shape index (κ3) is 4.14. The Labute approximate surface area is 138 Å². The predicted molar refractivity (Wildman–Crippen MR) is 89.7 cm³/mol. The van der Waals surface area contributed by atoms with Crippen LogP contribution in [0.2, 0.25) is 0 Å². The van der Waals surface area contributed by atoms with Crippen LogP contribution in [0.25, 0.3) is 0 Å². The van der Waals surface area contributed by atoms with Crippen molar-refractivity contribution >= 4 is 18.3 Å². The molecule has 0 aromatic heterocycles. The number of halogens is 1. The molecule has 5 heteroatoms. The number of carbonyl (C=O) groups is 1. The minimum atomic E-state index is 0. The van der Waals surface area contributed by atoms with E-state index in [0.717, 1.165) is 51.1 Å². The highest BCUT2D eigenvalue weighted by Gasteiger charge is 2.30. The van der Waals surface area contributed by atoms with E-state index in [1.165, 1.54) is 5.56 Å². The number of rotatable bonds is 3. The van der Waals surface area contributed by atoms with Crippen molar-refractivity contribution in [2.24, 2.45) is 0 Å². The zero-order valence-corrected chi connectivity index (χ0v) is 13.9. The van der Waals surface area contributed by atoms with Crippen LogP contribution in [0.3, 0.4) is 0 Å². The van der Waals surface area contributed by atoms with Crippen LogP contribution < -0.4 is 10.1 Å². The molecule has 2 aliphatic rings. The Morgan fingerprint density at radius 3 is 2.45 bits per heavy atom. The molecule has 0 saturated carbocycles. The van der Waals surface area contributed by atoms with E-state index in [4.69, 9.17) is 4.74 Å². The highest BCUT2D eigenvalue weighted by atomic mass is 35.5. The molecule has 22 heavy (non-hydrogen) atoms. The topological polar surface area (TPSA) is 41.6 Å². The fourth-order valence-electron chi connectivity index (χ4n) is 3.12. The van der Waals surface area contributed by atoms with Gasteiger partial charge in [0.05, 0.1) is 6.04 Å². The summed E-state index contributed by atoms with van der Waals surface area (Å²) in [6, 6.07) is 8.24. The largest absolute Gasteiger partial charge is 0.490 e. The van der Waals surface area contributed by atoms with Crippen LogP contribution in [-0.4, -0.2) is 42.6 Å². The van der Waals surface area contributed by atoms with Gasteiger partial charge in [0.25, 0.3) is 0 Å². The fraction of sp³-hybridized carbons (Fsp3) is 0.588. The summed E-state index contributed by atoms with van der Waals surface area (Å²) in [6.07, 6.45) is 4.18. The Balaban J connectivity index is 0.00000176. The zero-order valence-electron chi connectivity index (χ0n) is 13.1. The molecule has 0 aliphatic carbocycles. The molecule has 0 radical (unpaired) electrons. The van der Waals surface area contributed by atoms with E-state index in [1.54, 1.807) is 0 Å². The molecular formula is C17H25ClN2O2. The van der Waals surface area contributed by atoms with Crippen LogP contribution >= 0.6 is 12.4 Å². The van der Waals surface area contributed by atoms with Gasteiger partial charge in [-0.15, -0.1) is 12.4 Å². The minimum Gasteiger partial charge on any atom is -0.490 e. The standard InChI is InChI=1S/C17H24N2O2.ClH/c1-13-4-6-14(7-5-13)21-15-8-11-19(12-9-15)17(20)16-3-2-10-18-16;/h4-7,15-16,18H,2-3,8-12H2,1H3;1H. The van der Waals surface area contributed by atoms with Crippen molar-refractivity contribution in [2.75, 3.05) is 19.6 Å². The number of aryl methyl sites for hydroxylation is 1. The van der Waals surface area contributed by atoms with Gasteiger partial charge in [0.2, 0.25) is 5.91 Å². The molecule has 1 unspecified atom stereocenters. The van der Waals surface area contributed by atoms with Crippen LogP contribution in [-0.2, 0) is 4.79 Å². The molecule has 2 heterocycles. The first-order valence-electron chi connectivity index (χ1n) is 7.98. The molecule has 122 valence electrons. The van der Waals surface area contributed by atoms with E-state index < -0.39 is 0 Å². The quantitative estimate of drug-likeness (QED) is 0.929. The van der Waals surface area contributed by atoms with Gasteiger partial charge < -0.3 is 15.0 Å². The van der Waals surface area contributed by atoms with Gasteiger partial charge in [-0.3, -0.25) is 4.79 Å². The van der Waals surface area contributed by atoms with Crippen LogP contribution in [0.5, 0.6) is 5.75 Å². The fourth-order valence-corrected chi connectivity index (χ4v) is 3.12. The van der Waals surface area contributed by atoms with E-state index in [-0.39, 0.29) is 30.5 Å². The molecule has 1 N–H and O–H groups in total. The maximum Gasteiger partial charge on any atom is 0.239 e. The molecule has 2 aliphatic heterocycles. The number of piperidine rings is 1. The van der Waals surface area contributed by atoms with Gasteiger partial charge in [-0.2, -0.15) is 0 Å². The van der Waals surface area contributed by atoms with E-state index in [9.17, 15) is 4.79 Å². The average Bonchev–Trinajstić information content (AvgIpc) is 3.04. The lowest BCUT2D eigenvalue weighted by molar-refractivity contribution is -0.134. The van der Waals surface area contributed by atoms with Gasteiger partial charge >= 0.3 is 0 Å². The Bertz CT molecular complexity index is 478. The lowest BCUT2D eigenvalue weighted by Gasteiger charge is -2.33. The van der Waals surface area contributed by atoms with E-state index >= 15 is 0 Å². The second kappa shape index (κ2) is 7.84. The molecular weight excluding hydrogens is 300 g/mol. The first-order chi connectivity index (χ1) is 10.2. The summed E-state index contributed by atoms with van der Waals surface area (Å²) >= 11 is 0. The Hall–Kier alpha value is -1.26. The molecule has 1 aromatic rings. The summed E-state index contributed by atoms with van der Waals surface area (Å²) in [7, 11) is 0. The number of ether oxygens (including phenoxy) is 1. The second-order valence-electron chi connectivity index (χ2n) is 6.10. The van der Waals surface area contributed by atoms with Crippen LogP contribution in [0, 0.1) is 6.92 Å². The number of nitrogens with one attached hydrogen (secondary N) is 1. The van der Waals surface area contributed by atoms with Crippen LogP contribution in [0.4, 0.5) is 0 Å². The maximum absolute atomic E-state index is 12.3. The minimum absolute atomic E-state index is 0. The first-order valence-corrected chi connectivity index (χ1v) is 7.98. The number of benzene rings is 1. The van der Waals surface area contributed by atoms with Crippen molar-refractivity contribution in [2.45, 2.75) is 44.8 Å². The molecule has 4 nitrogen and oxygen atoms in total. The van der Waals surface area contributed by atoms with Gasteiger partial charge in [0.15, 0.2) is 0 Å². The van der Waals surface area contributed by atoms with E-state index in [0.29, 0.717) is 0 Å². The summed E-state index contributed by atoms with van der Waals surface area (Å²) in [5.74, 6) is 1.21. The number of amides is 1. The first kappa shape index (κ1) is 17.1. The molecule has 0 spiro atoms. The van der Waals surface area contributed by atoms with Crippen molar-refractivity contribution in [3.8, 4) is 5.75 Å². The van der Waals surface area contributed by atoms with Gasteiger partial charge in [0.1, 0.15) is 11.9 Å². The summed E-state index contributed by atoms with van der Waals surface area (Å²) < 4.78 is 6.01. The zero-order chi connectivity index (χ0) is 14.7. The predicted octanol–water partition coefficient (Wildman–Crippen LogP) is 2.54. The normalized spacial score (nSPS) is 22.2. The molecule has 3 rings (SSSR count). The monoisotopic (exact) mass is 324 g/mol. The second-order valence-corrected chi connectivity index (χ2v) is 6.10. The summed E-state index contributed by atoms with van der Waals surface area (Å²) in [4.78, 5) is 14.3.